The molecule has 25 heavy (non-hydrogen) atoms. The van der Waals surface area contributed by atoms with Crippen molar-refractivity contribution in [2.75, 3.05) is 0 Å². The van der Waals surface area contributed by atoms with Gasteiger partial charge in [0.05, 0.1) is 5.41 Å². The number of aryl methyl sites for hydroxylation is 1. The molecular formula is C22H24N2O. The van der Waals surface area contributed by atoms with E-state index in [0.29, 0.717) is 5.82 Å². The molecule has 3 nitrogen and oxygen atoms in total. The van der Waals surface area contributed by atoms with Gasteiger partial charge in [-0.05, 0) is 18.1 Å². The average molecular weight is 332 g/mol. The van der Waals surface area contributed by atoms with Crippen LogP contribution in [-0.4, -0.2) is 15.3 Å². The summed E-state index contributed by atoms with van der Waals surface area (Å²) in [6.45, 7) is 6.30. The largest absolute Gasteiger partial charge is 0.332 e. The van der Waals surface area contributed by atoms with Crippen LogP contribution in [0.1, 0.15) is 42.5 Å². The number of rotatable bonds is 5. The molecule has 1 atom stereocenters. The predicted octanol–water partition coefficient (Wildman–Crippen LogP) is 4.54. The fourth-order valence-corrected chi connectivity index (χ4v) is 3.50. The molecule has 3 heteroatoms. The minimum absolute atomic E-state index is 0.0278. The zero-order valence-corrected chi connectivity index (χ0v) is 15.2. The topological polar surface area (TPSA) is 34.9 Å². The third-order valence-electron chi connectivity index (χ3n) is 5.58. The lowest BCUT2D eigenvalue weighted by molar-refractivity contribution is 0.0809. The van der Waals surface area contributed by atoms with E-state index >= 15 is 0 Å². The molecule has 128 valence electrons. The highest BCUT2D eigenvalue weighted by Gasteiger charge is 2.50. The molecule has 0 radical (unpaired) electrons. The molecule has 0 aliphatic heterocycles. The molecule has 2 aromatic carbocycles. The Hall–Kier alpha value is -2.68. The zero-order valence-electron chi connectivity index (χ0n) is 15.2. The minimum atomic E-state index is -0.755. The predicted molar refractivity (Wildman–Crippen MR) is 101 cm³/mol. The number of benzene rings is 2. The molecule has 0 aliphatic rings. The second-order valence-corrected chi connectivity index (χ2v) is 7.17. The molecule has 0 N–H and O–H groups in total. The minimum Gasteiger partial charge on any atom is -0.332 e. The number of carbonyl (C=O) groups is 1. The SMILES string of the molecule is Cn1ccnc1C(=O)C(C)(c1ccccc1)C(C)(C)c1ccccc1. The van der Waals surface area contributed by atoms with Crippen LogP contribution in [0, 0.1) is 0 Å². The summed E-state index contributed by atoms with van der Waals surface area (Å²) in [5, 5.41) is 0. The molecule has 1 heterocycles. The molecule has 0 saturated heterocycles. The van der Waals surface area contributed by atoms with Gasteiger partial charge in [0.2, 0.25) is 5.78 Å². The molecule has 0 saturated carbocycles. The molecule has 0 amide bonds. The maximum Gasteiger partial charge on any atom is 0.209 e. The van der Waals surface area contributed by atoms with Crippen molar-refractivity contribution in [3.63, 3.8) is 0 Å². The maximum atomic E-state index is 13.7. The number of hydrogen-bond donors (Lipinski definition) is 0. The number of ketones is 1. The normalized spacial score (nSPS) is 14.1. The lowest BCUT2D eigenvalue weighted by Gasteiger charge is -2.43. The highest BCUT2D eigenvalue weighted by Crippen LogP contribution is 2.45. The Morgan fingerprint density at radius 3 is 1.88 bits per heavy atom. The molecule has 1 unspecified atom stereocenters. The van der Waals surface area contributed by atoms with Crippen LogP contribution in [0.2, 0.25) is 0 Å². The standard InChI is InChI=1S/C22H24N2O/c1-21(2,17-11-7-5-8-12-17)22(3,18-13-9-6-10-14-18)19(25)20-23-15-16-24(20)4/h5-16H,1-4H3. The monoisotopic (exact) mass is 332 g/mol. The number of imidazole rings is 1. The van der Waals surface area contributed by atoms with Crippen LogP contribution < -0.4 is 0 Å². The molecular weight excluding hydrogens is 308 g/mol. The number of hydrogen-bond acceptors (Lipinski definition) is 2. The first-order valence-corrected chi connectivity index (χ1v) is 8.52. The Morgan fingerprint density at radius 1 is 0.880 bits per heavy atom. The van der Waals surface area contributed by atoms with Crippen LogP contribution >= 0.6 is 0 Å². The van der Waals surface area contributed by atoms with Crippen molar-refractivity contribution < 1.29 is 4.79 Å². The summed E-state index contributed by atoms with van der Waals surface area (Å²) in [5.41, 5.74) is 0.952. The van der Waals surface area contributed by atoms with Crippen molar-refractivity contribution in [3.05, 3.63) is 90.0 Å². The summed E-state index contributed by atoms with van der Waals surface area (Å²) in [7, 11) is 1.86. The average Bonchev–Trinajstić information content (AvgIpc) is 3.07. The van der Waals surface area contributed by atoms with Crippen LogP contribution in [0.4, 0.5) is 0 Å². The first-order valence-electron chi connectivity index (χ1n) is 8.52. The highest BCUT2D eigenvalue weighted by atomic mass is 16.1. The smallest absolute Gasteiger partial charge is 0.209 e. The van der Waals surface area contributed by atoms with E-state index in [9.17, 15) is 4.79 Å². The highest BCUT2D eigenvalue weighted by molar-refractivity contribution is 6.02. The maximum absolute atomic E-state index is 13.7. The third kappa shape index (κ3) is 2.70. The first kappa shape index (κ1) is 17.2. The van der Waals surface area contributed by atoms with E-state index < -0.39 is 10.8 Å². The van der Waals surface area contributed by atoms with Gasteiger partial charge in [0.15, 0.2) is 5.82 Å². The summed E-state index contributed by atoms with van der Waals surface area (Å²) in [4.78, 5) is 18.0. The molecule has 1 aromatic heterocycles. The third-order valence-corrected chi connectivity index (χ3v) is 5.58. The van der Waals surface area contributed by atoms with Gasteiger partial charge in [-0.15, -0.1) is 0 Å². The number of nitrogens with zero attached hydrogens (tertiary/aromatic N) is 2. The van der Waals surface area contributed by atoms with E-state index in [0.717, 1.165) is 11.1 Å². The van der Waals surface area contributed by atoms with Crippen molar-refractivity contribution in [1.82, 2.24) is 9.55 Å². The van der Waals surface area contributed by atoms with Crippen LogP contribution in [0.25, 0.3) is 0 Å². The Kier molecular flexibility index (Phi) is 4.34. The number of Topliss-reactive ketones (excluding diaryl/α,β-unsaturated/α-hetero) is 1. The number of carbonyl (C=O) groups excluding carboxylic acids is 1. The van der Waals surface area contributed by atoms with Crippen LogP contribution in [0.5, 0.6) is 0 Å². The van der Waals surface area contributed by atoms with E-state index in [2.05, 4.69) is 31.0 Å². The van der Waals surface area contributed by atoms with Crippen molar-refractivity contribution in [2.24, 2.45) is 7.05 Å². The molecule has 0 aliphatic carbocycles. The van der Waals surface area contributed by atoms with Gasteiger partial charge in [-0.25, -0.2) is 4.98 Å². The Bertz CT molecular complexity index is 865. The van der Waals surface area contributed by atoms with Crippen molar-refractivity contribution in [2.45, 2.75) is 31.6 Å². The Balaban J connectivity index is 2.23. The first-order chi connectivity index (χ1) is 11.9. The van der Waals surface area contributed by atoms with E-state index in [4.69, 9.17) is 0 Å². The fraction of sp³-hybridized carbons (Fsp3) is 0.273. The van der Waals surface area contributed by atoms with Gasteiger partial charge in [0.25, 0.3) is 0 Å². The van der Waals surface area contributed by atoms with E-state index in [1.54, 1.807) is 10.8 Å². The van der Waals surface area contributed by atoms with Gasteiger partial charge in [-0.2, -0.15) is 0 Å². The quantitative estimate of drug-likeness (QED) is 0.643. The van der Waals surface area contributed by atoms with Gasteiger partial charge >= 0.3 is 0 Å². The van der Waals surface area contributed by atoms with Crippen molar-refractivity contribution >= 4 is 5.78 Å². The van der Waals surface area contributed by atoms with E-state index in [1.165, 1.54) is 0 Å². The Morgan fingerprint density at radius 2 is 1.40 bits per heavy atom. The van der Waals surface area contributed by atoms with Gasteiger partial charge in [-0.1, -0.05) is 74.5 Å². The molecule has 0 spiro atoms. The van der Waals surface area contributed by atoms with Crippen molar-refractivity contribution in [3.8, 4) is 0 Å². The zero-order chi connectivity index (χ0) is 18.1. The van der Waals surface area contributed by atoms with Gasteiger partial charge in [0.1, 0.15) is 0 Å². The lowest BCUT2D eigenvalue weighted by Crippen LogP contribution is -2.49. The second kappa shape index (κ2) is 6.32. The summed E-state index contributed by atoms with van der Waals surface area (Å²) in [6.07, 6.45) is 3.49. The van der Waals surface area contributed by atoms with Gasteiger partial charge < -0.3 is 4.57 Å². The summed E-state index contributed by atoms with van der Waals surface area (Å²) < 4.78 is 1.80. The summed E-state index contributed by atoms with van der Waals surface area (Å²) in [5.74, 6) is 0.510. The summed E-state index contributed by atoms with van der Waals surface area (Å²) in [6, 6.07) is 20.2. The van der Waals surface area contributed by atoms with Gasteiger partial charge in [-0.3, -0.25) is 4.79 Å². The van der Waals surface area contributed by atoms with E-state index in [-0.39, 0.29) is 5.78 Å². The molecule has 0 bridgehead atoms. The van der Waals surface area contributed by atoms with Crippen molar-refractivity contribution in [1.29, 1.82) is 0 Å². The summed E-state index contributed by atoms with van der Waals surface area (Å²) >= 11 is 0. The lowest BCUT2D eigenvalue weighted by atomic mass is 9.57. The molecule has 0 fully saturated rings. The Labute approximate surface area is 149 Å². The molecule has 3 aromatic rings. The number of aromatic nitrogens is 2. The second-order valence-electron chi connectivity index (χ2n) is 7.17. The van der Waals surface area contributed by atoms with Crippen LogP contribution in [0.15, 0.2) is 73.1 Å². The van der Waals surface area contributed by atoms with Gasteiger partial charge in [0, 0.05) is 24.9 Å². The van der Waals surface area contributed by atoms with Crippen LogP contribution in [-0.2, 0) is 17.9 Å². The van der Waals surface area contributed by atoms with Crippen LogP contribution in [0.3, 0.4) is 0 Å². The fourth-order valence-electron chi connectivity index (χ4n) is 3.50. The van der Waals surface area contributed by atoms with E-state index in [1.807, 2.05) is 68.7 Å². The molecule has 3 rings (SSSR count).